The molecule has 0 bridgehead atoms. The molecule has 0 unspecified atom stereocenters. The lowest BCUT2D eigenvalue weighted by Gasteiger charge is -2.06. The molecule has 0 N–H and O–H groups in total. The molecule has 0 saturated carbocycles. The predicted octanol–water partition coefficient (Wildman–Crippen LogP) is 4.43. The van der Waals surface area contributed by atoms with E-state index in [1.54, 1.807) is 31.4 Å². The Hall–Kier alpha value is -2.49. The summed E-state index contributed by atoms with van der Waals surface area (Å²) in [5.74, 6) is 1.07. The zero-order valence-electron chi connectivity index (χ0n) is 15.6. The molecule has 0 spiro atoms. The third-order valence-corrected chi connectivity index (χ3v) is 3.95. The Labute approximate surface area is 164 Å². The molecule has 0 aromatic heterocycles. The fourth-order valence-corrected chi connectivity index (χ4v) is 2.71. The Kier molecular flexibility index (Phi) is 9.57. The Morgan fingerprint density at radius 3 is 1.96 bits per heavy atom. The fourth-order valence-electron chi connectivity index (χ4n) is 1.94. The first-order chi connectivity index (χ1) is 13.1. The number of hydrogen-bond acceptors (Lipinski definition) is 4. The van der Waals surface area contributed by atoms with Crippen molar-refractivity contribution in [2.75, 3.05) is 25.4 Å². The van der Waals surface area contributed by atoms with Crippen LogP contribution in [0.15, 0.2) is 59.8 Å². The smallest absolute Gasteiger partial charge is 0.497 e. The zero-order chi connectivity index (χ0) is 21.2. The van der Waals surface area contributed by atoms with E-state index in [1.165, 1.54) is 0 Å². The number of hydrogen-bond donors (Lipinski definition) is 0. The van der Waals surface area contributed by atoms with Crippen molar-refractivity contribution >= 4 is 29.8 Å². The second-order valence-corrected chi connectivity index (χ2v) is 7.90. The molecule has 28 heavy (non-hydrogen) atoms. The van der Waals surface area contributed by atoms with Gasteiger partial charge >= 0.3 is 13.2 Å². The van der Waals surface area contributed by atoms with Crippen LogP contribution in [0.5, 0.6) is 5.75 Å². The molecule has 152 valence electrons. The predicted molar refractivity (Wildman–Crippen MR) is 106 cm³/mol. The maximum atomic E-state index is 12.0. The maximum Gasteiger partial charge on any atom is 0.673 e. The normalized spacial score (nSPS) is 11.5. The zero-order valence-corrected chi connectivity index (χ0v) is 16.4. The second-order valence-electron chi connectivity index (χ2n) is 5.64. The quantitative estimate of drug-likeness (QED) is 0.175. The Morgan fingerprint density at radius 2 is 1.50 bits per heavy atom. The SMILES string of the molecule is COc1ccc(C(C[S+](C)C)=NOC(=O)c2ccccc2)cc1.F[B-](F)(F)F. The van der Waals surface area contributed by atoms with E-state index in [1.807, 2.05) is 30.3 Å². The van der Waals surface area contributed by atoms with E-state index >= 15 is 0 Å². The van der Waals surface area contributed by atoms with Crippen molar-refractivity contribution < 1.29 is 31.6 Å². The van der Waals surface area contributed by atoms with E-state index in [2.05, 4.69) is 17.7 Å². The molecule has 0 saturated heterocycles. The van der Waals surface area contributed by atoms with Gasteiger partial charge in [0, 0.05) is 5.56 Å². The summed E-state index contributed by atoms with van der Waals surface area (Å²) in [5.41, 5.74) is 2.16. The van der Waals surface area contributed by atoms with Crippen LogP contribution >= 0.6 is 0 Å². The first-order valence-corrected chi connectivity index (χ1v) is 10.2. The van der Waals surface area contributed by atoms with Crippen LogP contribution in [0.2, 0.25) is 0 Å². The number of nitrogens with zero attached hydrogens (tertiary/aromatic N) is 1. The van der Waals surface area contributed by atoms with Crippen LogP contribution < -0.4 is 4.74 Å². The van der Waals surface area contributed by atoms with Crippen molar-refractivity contribution in [3.63, 3.8) is 0 Å². The van der Waals surface area contributed by atoms with Crippen LogP contribution in [-0.2, 0) is 15.7 Å². The average molecular weight is 417 g/mol. The fraction of sp³-hybridized carbons (Fsp3) is 0.222. The van der Waals surface area contributed by atoms with E-state index in [4.69, 9.17) is 9.57 Å². The van der Waals surface area contributed by atoms with Gasteiger partial charge < -0.3 is 26.8 Å². The molecular weight excluding hydrogens is 397 g/mol. The van der Waals surface area contributed by atoms with Gasteiger partial charge in [-0.1, -0.05) is 23.4 Å². The molecule has 10 heteroatoms. The lowest BCUT2D eigenvalue weighted by Crippen LogP contribution is -2.16. The van der Waals surface area contributed by atoms with Crippen molar-refractivity contribution in [1.82, 2.24) is 0 Å². The number of carbonyl (C=O) groups is 1. The van der Waals surface area contributed by atoms with Crippen molar-refractivity contribution in [3.05, 3.63) is 65.7 Å². The molecule has 0 atom stereocenters. The standard InChI is InChI=1S/C18H20NO3S.BF4/c1-21-16-11-9-14(10-12-16)17(13-23(2)3)19-22-18(20)15-7-5-4-6-8-15;2-1(3,4)5/h4-12H,13H2,1-3H3;/q+1;-1. The van der Waals surface area contributed by atoms with Gasteiger partial charge in [0.15, 0.2) is 5.75 Å². The highest BCUT2D eigenvalue weighted by Crippen LogP contribution is 2.13. The first-order valence-electron chi connectivity index (χ1n) is 7.99. The summed E-state index contributed by atoms with van der Waals surface area (Å²) in [7, 11) is -4.24. The number of halogens is 4. The minimum Gasteiger partial charge on any atom is -0.497 e. The number of rotatable bonds is 6. The van der Waals surface area contributed by atoms with Gasteiger partial charge in [-0.05, 0) is 47.3 Å². The molecule has 0 radical (unpaired) electrons. The van der Waals surface area contributed by atoms with Gasteiger partial charge in [-0.15, -0.1) is 0 Å². The van der Waals surface area contributed by atoms with Gasteiger partial charge in [0.05, 0.1) is 25.2 Å². The van der Waals surface area contributed by atoms with Crippen LogP contribution in [0.4, 0.5) is 17.3 Å². The Morgan fingerprint density at radius 1 is 0.964 bits per heavy atom. The van der Waals surface area contributed by atoms with Crippen molar-refractivity contribution in [2.45, 2.75) is 0 Å². The monoisotopic (exact) mass is 417 g/mol. The molecule has 0 aliphatic carbocycles. The number of oxime groups is 1. The van der Waals surface area contributed by atoms with Gasteiger partial charge in [-0.25, -0.2) is 4.79 Å². The summed E-state index contributed by atoms with van der Waals surface area (Å²) < 4.78 is 44.2. The number of methoxy groups -OCH3 is 1. The van der Waals surface area contributed by atoms with Crippen molar-refractivity contribution in [3.8, 4) is 5.75 Å². The third kappa shape index (κ3) is 10.0. The summed E-state index contributed by atoms with van der Waals surface area (Å²) >= 11 is 0. The van der Waals surface area contributed by atoms with Crippen LogP contribution in [0.3, 0.4) is 0 Å². The molecule has 0 heterocycles. The van der Waals surface area contributed by atoms with E-state index in [-0.39, 0.29) is 10.9 Å². The minimum absolute atomic E-state index is 0.134. The summed E-state index contributed by atoms with van der Waals surface area (Å²) in [6, 6.07) is 16.4. The van der Waals surface area contributed by atoms with Crippen molar-refractivity contribution in [2.24, 2.45) is 5.16 Å². The van der Waals surface area contributed by atoms with Crippen molar-refractivity contribution in [1.29, 1.82) is 0 Å². The van der Waals surface area contributed by atoms with Crippen LogP contribution in [0.1, 0.15) is 15.9 Å². The molecule has 4 nitrogen and oxygen atoms in total. The topological polar surface area (TPSA) is 47.9 Å². The average Bonchev–Trinajstić information content (AvgIpc) is 2.64. The lowest BCUT2D eigenvalue weighted by atomic mass is 10.1. The van der Waals surface area contributed by atoms with E-state index in [0.717, 1.165) is 22.8 Å². The molecule has 0 aliphatic heterocycles. The molecule has 2 rings (SSSR count). The van der Waals surface area contributed by atoms with Gasteiger partial charge in [-0.2, -0.15) is 0 Å². The molecule has 0 aliphatic rings. The van der Waals surface area contributed by atoms with E-state index in [9.17, 15) is 22.1 Å². The van der Waals surface area contributed by atoms with E-state index in [0.29, 0.717) is 5.56 Å². The highest BCUT2D eigenvalue weighted by atomic mass is 32.2. The maximum absolute atomic E-state index is 12.0. The third-order valence-electron chi connectivity index (χ3n) is 3.10. The van der Waals surface area contributed by atoms with Gasteiger partial charge in [0.1, 0.15) is 11.5 Å². The highest BCUT2D eigenvalue weighted by Gasteiger charge is 2.20. The largest absolute Gasteiger partial charge is 0.673 e. The second kappa shape index (κ2) is 11.4. The highest BCUT2D eigenvalue weighted by molar-refractivity contribution is 7.96. The molecule has 0 amide bonds. The van der Waals surface area contributed by atoms with Gasteiger partial charge in [0.2, 0.25) is 0 Å². The van der Waals surface area contributed by atoms with Gasteiger partial charge in [0.25, 0.3) is 0 Å². The summed E-state index contributed by atoms with van der Waals surface area (Å²) in [5, 5.41) is 4.10. The number of ether oxygens (including phenoxy) is 1. The molecule has 2 aromatic carbocycles. The summed E-state index contributed by atoms with van der Waals surface area (Å²) in [6.07, 6.45) is 4.25. The Balaban J connectivity index is 0.000000696. The van der Waals surface area contributed by atoms with Crippen LogP contribution in [0, 0.1) is 0 Å². The number of carbonyl (C=O) groups excluding carboxylic acids is 1. The summed E-state index contributed by atoms with van der Waals surface area (Å²) in [6.45, 7) is 0. The Bertz CT molecular complexity index is 763. The lowest BCUT2D eigenvalue weighted by molar-refractivity contribution is 0.0516. The minimum atomic E-state index is -6.00. The first kappa shape index (κ1) is 23.6. The van der Waals surface area contributed by atoms with Gasteiger partial charge in [-0.3, -0.25) is 0 Å². The van der Waals surface area contributed by atoms with Crippen LogP contribution in [0.25, 0.3) is 0 Å². The number of benzene rings is 2. The summed E-state index contributed by atoms with van der Waals surface area (Å²) in [4.78, 5) is 17.1. The van der Waals surface area contributed by atoms with E-state index < -0.39 is 13.2 Å². The van der Waals surface area contributed by atoms with Crippen LogP contribution in [-0.4, -0.2) is 44.3 Å². The molecule has 0 fully saturated rings. The molecular formula is C18H20BF4NO3S. The molecule has 2 aromatic rings.